The molecule has 0 saturated carbocycles. The minimum absolute atomic E-state index is 0.0521. The Bertz CT molecular complexity index is 468. The van der Waals surface area contributed by atoms with E-state index in [0.29, 0.717) is 0 Å². The number of aliphatic carboxylic acids is 1. The smallest absolute Gasteiger partial charge is 0.350 e. The first-order chi connectivity index (χ1) is 7.86. The molecule has 1 heterocycles. The van der Waals surface area contributed by atoms with Crippen molar-refractivity contribution < 1.29 is 19.5 Å². The highest BCUT2D eigenvalue weighted by Crippen LogP contribution is 2.11. The molecule has 0 unspecified atom stereocenters. The van der Waals surface area contributed by atoms with Crippen molar-refractivity contribution in [1.82, 2.24) is 9.36 Å². The van der Waals surface area contributed by atoms with Crippen LogP contribution in [0.5, 0.6) is 0 Å². The van der Waals surface area contributed by atoms with Crippen molar-refractivity contribution >= 4 is 34.6 Å². The van der Waals surface area contributed by atoms with E-state index in [1.165, 1.54) is 20.1 Å². The molecule has 0 aliphatic rings. The van der Waals surface area contributed by atoms with Gasteiger partial charge in [0.25, 0.3) is 6.29 Å². The van der Waals surface area contributed by atoms with E-state index < -0.39 is 11.6 Å². The first kappa shape index (κ1) is 13.0. The zero-order valence-corrected chi connectivity index (χ0v) is 9.82. The van der Waals surface area contributed by atoms with Crippen molar-refractivity contribution in [3.8, 4) is 0 Å². The zero-order chi connectivity index (χ0) is 13.1. The van der Waals surface area contributed by atoms with Gasteiger partial charge in [-0.15, -0.1) is 0 Å². The minimum atomic E-state index is -1.57. The second kappa shape index (κ2) is 4.87. The second-order valence-corrected chi connectivity index (χ2v) is 4.19. The van der Waals surface area contributed by atoms with Gasteiger partial charge in [0, 0.05) is 11.5 Å². The lowest BCUT2D eigenvalue weighted by Crippen LogP contribution is -2.33. The van der Waals surface area contributed by atoms with Gasteiger partial charge < -0.3 is 15.7 Å². The van der Waals surface area contributed by atoms with Crippen LogP contribution in [0.15, 0.2) is 5.16 Å². The summed E-state index contributed by atoms with van der Waals surface area (Å²) < 4.78 is 3.72. The lowest BCUT2D eigenvalue weighted by molar-refractivity contribution is -0.161. The maximum Gasteiger partial charge on any atom is 0.350 e. The first-order valence-electron chi connectivity index (χ1n) is 4.34. The highest BCUT2D eigenvalue weighted by atomic mass is 32.1. The van der Waals surface area contributed by atoms with Gasteiger partial charge in [0.2, 0.25) is 11.4 Å². The molecule has 0 saturated heterocycles. The number of hydrogen-bond acceptors (Lipinski definition) is 8. The summed E-state index contributed by atoms with van der Waals surface area (Å²) in [5.74, 6) is -1.28. The van der Waals surface area contributed by atoms with E-state index in [1.807, 2.05) is 0 Å². The predicted molar refractivity (Wildman–Crippen MR) is 59.4 cm³/mol. The van der Waals surface area contributed by atoms with Gasteiger partial charge in [-0.05, 0) is 13.8 Å². The Morgan fingerprint density at radius 3 is 2.71 bits per heavy atom. The molecule has 0 amide bonds. The molecule has 0 spiro atoms. The number of rotatable bonds is 5. The number of carbonyl (C=O) groups excluding carboxylic acids is 1. The van der Waals surface area contributed by atoms with Gasteiger partial charge in [-0.2, -0.15) is 9.36 Å². The van der Waals surface area contributed by atoms with Crippen LogP contribution in [0.3, 0.4) is 0 Å². The fourth-order valence-corrected chi connectivity index (χ4v) is 1.07. The number of carboxylic acid groups (broad SMARTS) is 1. The van der Waals surface area contributed by atoms with E-state index >= 15 is 0 Å². The zero-order valence-electron chi connectivity index (χ0n) is 9.00. The monoisotopic (exact) mass is 257 g/mol. The Morgan fingerprint density at radius 2 is 2.29 bits per heavy atom. The SMILES string of the molecule is CC(C)(O/N=C(\[C]=O)c1nsc(N)n1)C(=O)O. The van der Waals surface area contributed by atoms with Crippen LogP contribution in [-0.2, 0) is 14.4 Å². The summed E-state index contributed by atoms with van der Waals surface area (Å²) in [6.07, 6.45) is 1.45. The van der Waals surface area contributed by atoms with Crippen molar-refractivity contribution in [3.05, 3.63) is 5.82 Å². The van der Waals surface area contributed by atoms with Crippen molar-refractivity contribution in [1.29, 1.82) is 0 Å². The molecule has 0 aromatic carbocycles. The van der Waals surface area contributed by atoms with E-state index in [1.54, 1.807) is 0 Å². The topological polar surface area (TPSA) is 128 Å². The third-order valence-corrected chi connectivity index (χ3v) is 2.17. The second-order valence-electron chi connectivity index (χ2n) is 3.40. The number of nitrogens with zero attached hydrogens (tertiary/aromatic N) is 3. The quantitative estimate of drug-likeness (QED) is 0.552. The molecule has 3 N–H and O–H groups in total. The Hall–Kier alpha value is -2.03. The molecular weight excluding hydrogens is 248 g/mol. The third kappa shape index (κ3) is 3.21. The lowest BCUT2D eigenvalue weighted by Gasteiger charge is -2.15. The van der Waals surface area contributed by atoms with E-state index in [-0.39, 0.29) is 16.7 Å². The molecular formula is C8H9N4O4S. The van der Waals surface area contributed by atoms with Crippen molar-refractivity contribution in [2.24, 2.45) is 5.16 Å². The molecule has 0 atom stereocenters. The van der Waals surface area contributed by atoms with E-state index in [0.717, 1.165) is 11.5 Å². The minimum Gasteiger partial charge on any atom is -0.478 e. The molecule has 0 fully saturated rings. The summed E-state index contributed by atoms with van der Waals surface area (Å²) in [6, 6.07) is 0. The van der Waals surface area contributed by atoms with E-state index in [2.05, 4.69) is 14.5 Å². The van der Waals surface area contributed by atoms with Crippen molar-refractivity contribution in [3.63, 3.8) is 0 Å². The van der Waals surface area contributed by atoms with Gasteiger partial charge in [-0.25, -0.2) is 4.79 Å². The first-order valence-corrected chi connectivity index (χ1v) is 5.11. The third-order valence-electron chi connectivity index (χ3n) is 1.63. The molecule has 1 aromatic heterocycles. The molecule has 0 bridgehead atoms. The molecule has 1 rings (SSSR count). The van der Waals surface area contributed by atoms with Crippen LogP contribution in [-0.4, -0.2) is 38.0 Å². The Balaban J connectivity index is 2.89. The van der Waals surface area contributed by atoms with Gasteiger partial charge in [0.15, 0.2) is 10.8 Å². The number of aromatic nitrogens is 2. The number of carboxylic acids is 1. The number of nitrogens with two attached hydrogens (primary N) is 1. The van der Waals surface area contributed by atoms with Crippen LogP contribution in [0.1, 0.15) is 19.7 Å². The summed E-state index contributed by atoms with van der Waals surface area (Å²) in [5, 5.41) is 12.3. The molecule has 91 valence electrons. The standard InChI is InChI=1S/C8H9N4O4S/c1-8(2,6(14)15)16-11-4(3-13)5-10-7(9)17-12-5/h1-2H3,(H,14,15)(H2,9,10,12)/b11-4+. The maximum atomic E-state index is 10.7. The average molecular weight is 257 g/mol. The van der Waals surface area contributed by atoms with Crippen LogP contribution >= 0.6 is 11.5 Å². The summed E-state index contributed by atoms with van der Waals surface area (Å²) in [6.45, 7) is 2.56. The van der Waals surface area contributed by atoms with Crippen LogP contribution in [0, 0.1) is 0 Å². The van der Waals surface area contributed by atoms with Crippen LogP contribution in [0.4, 0.5) is 5.13 Å². The number of hydrogen-bond donors (Lipinski definition) is 2. The Labute approximate surface area is 100 Å². The molecule has 1 aromatic rings. The van der Waals surface area contributed by atoms with Gasteiger partial charge >= 0.3 is 5.97 Å². The number of oxime groups is 1. The fraction of sp³-hybridized carbons (Fsp3) is 0.375. The fourth-order valence-electron chi connectivity index (χ4n) is 0.635. The summed E-state index contributed by atoms with van der Waals surface area (Å²) in [4.78, 5) is 29.7. The van der Waals surface area contributed by atoms with Crippen LogP contribution in [0.2, 0.25) is 0 Å². The predicted octanol–water partition coefficient (Wildman–Crippen LogP) is -0.186. The van der Waals surface area contributed by atoms with Gasteiger partial charge in [0.05, 0.1) is 0 Å². The largest absolute Gasteiger partial charge is 0.478 e. The van der Waals surface area contributed by atoms with Crippen LogP contribution < -0.4 is 5.73 Å². The maximum absolute atomic E-state index is 10.7. The summed E-state index contributed by atoms with van der Waals surface area (Å²) >= 11 is 0.873. The normalized spacial score (nSPS) is 12.2. The van der Waals surface area contributed by atoms with E-state index in [9.17, 15) is 9.59 Å². The molecule has 0 aliphatic heterocycles. The van der Waals surface area contributed by atoms with Crippen LogP contribution in [0.25, 0.3) is 0 Å². The summed E-state index contributed by atoms with van der Waals surface area (Å²) in [7, 11) is 0. The number of carbonyl (C=O) groups is 1. The highest BCUT2D eigenvalue weighted by molar-refractivity contribution is 7.09. The van der Waals surface area contributed by atoms with Gasteiger partial charge in [-0.1, -0.05) is 5.16 Å². The Morgan fingerprint density at radius 1 is 1.65 bits per heavy atom. The lowest BCUT2D eigenvalue weighted by atomic mass is 10.1. The van der Waals surface area contributed by atoms with E-state index in [4.69, 9.17) is 15.7 Å². The molecule has 1 radical (unpaired) electrons. The Kier molecular flexibility index (Phi) is 3.73. The molecule has 0 aliphatic carbocycles. The number of anilines is 1. The highest BCUT2D eigenvalue weighted by Gasteiger charge is 2.30. The van der Waals surface area contributed by atoms with Crippen molar-refractivity contribution in [2.75, 3.05) is 5.73 Å². The van der Waals surface area contributed by atoms with Crippen molar-refractivity contribution in [2.45, 2.75) is 19.4 Å². The van der Waals surface area contributed by atoms with Gasteiger partial charge in [0.1, 0.15) is 0 Å². The molecule has 8 nitrogen and oxygen atoms in total. The summed E-state index contributed by atoms with van der Waals surface area (Å²) in [5.41, 5.74) is 3.42. The number of nitrogen functional groups attached to an aromatic ring is 1. The molecule has 17 heavy (non-hydrogen) atoms. The average Bonchev–Trinajstić information content (AvgIpc) is 2.65. The molecule has 9 heteroatoms. The van der Waals surface area contributed by atoms with Gasteiger partial charge in [-0.3, -0.25) is 4.79 Å².